The highest BCUT2D eigenvalue weighted by molar-refractivity contribution is 5.97. The number of benzene rings is 1. The summed E-state index contributed by atoms with van der Waals surface area (Å²) in [5.74, 6) is -23.7. The van der Waals surface area contributed by atoms with Crippen molar-refractivity contribution in [1.29, 1.82) is 0 Å². The maximum Gasteiger partial charge on any atom is 0.460 e. The van der Waals surface area contributed by atoms with Crippen LogP contribution in [0.5, 0.6) is 0 Å². The fraction of sp³-hybridized carbons (Fsp3) is 0.333. The summed E-state index contributed by atoms with van der Waals surface area (Å²) in [4.78, 5) is 11.1. The Morgan fingerprint density at radius 2 is 1.44 bits per heavy atom. The third-order valence-corrected chi connectivity index (χ3v) is 3.08. The normalized spacial score (nSPS) is 14.5. The van der Waals surface area contributed by atoms with Crippen molar-refractivity contribution in [3.8, 4) is 0 Å². The number of halogens is 9. The van der Waals surface area contributed by atoms with Gasteiger partial charge in [0.15, 0.2) is 0 Å². The number of allylic oxidation sites excluding steroid dienone is 1. The van der Waals surface area contributed by atoms with Gasteiger partial charge in [0.05, 0.1) is 5.71 Å². The first-order valence-corrected chi connectivity index (χ1v) is 6.92. The minimum atomic E-state index is -7.15. The van der Waals surface area contributed by atoms with Gasteiger partial charge >= 0.3 is 29.9 Å². The summed E-state index contributed by atoms with van der Waals surface area (Å²) in [5.41, 5.74) is 1.24. The Kier molecular flexibility index (Phi) is 6.34. The summed E-state index contributed by atoms with van der Waals surface area (Å²) in [6, 6.07) is 8.23. The van der Waals surface area contributed by atoms with Crippen LogP contribution in [0.1, 0.15) is 12.5 Å². The van der Waals surface area contributed by atoms with Gasteiger partial charge in [0, 0.05) is 0 Å². The van der Waals surface area contributed by atoms with Crippen molar-refractivity contribution >= 4 is 17.7 Å². The summed E-state index contributed by atoms with van der Waals surface area (Å²) in [6.07, 6.45) is -4.47. The molecule has 0 heterocycles. The van der Waals surface area contributed by atoms with Gasteiger partial charge in [0.25, 0.3) is 0 Å². The first-order valence-electron chi connectivity index (χ1n) is 6.92. The Morgan fingerprint density at radius 3 is 1.93 bits per heavy atom. The molecule has 1 rings (SSSR count). The second kappa shape index (κ2) is 7.61. The Labute approximate surface area is 146 Å². The summed E-state index contributed by atoms with van der Waals surface area (Å²) in [7, 11) is 0. The summed E-state index contributed by atoms with van der Waals surface area (Å²) in [5, 5.41) is 2.95. The molecule has 0 unspecified atom stereocenters. The van der Waals surface area contributed by atoms with Gasteiger partial charge in [-0.1, -0.05) is 36.4 Å². The lowest BCUT2D eigenvalue weighted by molar-refractivity contribution is -0.388. The van der Waals surface area contributed by atoms with E-state index in [0.717, 1.165) is 18.4 Å². The lowest BCUT2D eigenvalue weighted by atomic mass is 10.0. The summed E-state index contributed by atoms with van der Waals surface area (Å²) >= 11 is 0. The standard InChI is InChI=1S/C15H11F9N2O/c1-9(7-8-10-5-3-2-4-6-10)25-26-11(27)12(16,17)13(18,19)14(20,21)15(22,23)24/h2-8H,1H3,(H,26,27). The second-order valence-electron chi connectivity index (χ2n) is 5.16. The Bertz CT molecular complexity index is 725. The minimum absolute atomic E-state index is 0.228. The number of carbonyl (C=O) groups excluding carboxylic acids is 1. The van der Waals surface area contributed by atoms with Gasteiger partial charge in [-0.2, -0.15) is 44.6 Å². The van der Waals surface area contributed by atoms with Crippen molar-refractivity contribution in [2.75, 3.05) is 0 Å². The minimum Gasteiger partial charge on any atom is -0.266 e. The molecule has 12 heteroatoms. The zero-order valence-corrected chi connectivity index (χ0v) is 13.3. The number of alkyl halides is 9. The maximum atomic E-state index is 13.3. The van der Waals surface area contributed by atoms with Crippen molar-refractivity contribution in [3.63, 3.8) is 0 Å². The van der Waals surface area contributed by atoms with Crippen LogP contribution in [-0.2, 0) is 4.79 Å². The van der Waals surface area contributed by atoms with Crippen LogP contribution in [0.2, 0.25) is 0 Å². The number of hydrogen-bond donors (Lipinski definition) is 1. The van der Waals surface area contributed by atoms with Crippen LogP contribution in [0.25, 0.3) is 6.08 Å². The predicted molar refractivity (Wildman–Crippen MR) is 77.6 cm³/mol. The molecule has 0 aliphatic heterocycles. The first-order chi connectivity index (χ1) is 12.1. The van der Waals surface area contributed by atoms with E-state index in [-0.39, 0.29) is 5.71 Å². The second-order valence-corrected chi connectivity index (χ2v) is 5.16. The quantitative estimate of drug-likeness (QED) is 0.417. The molecule has 0 radical (unpaired) electrons. The molecule has 3 nitrogen and oxygen atoms in total. The number of amides is 1. The van der Waals surface area contributed by atoms with Gasteiger partial charge in [0.2, 0.25) is 0 Å². The van der Waals surface area contributed by atoms with E-state index < -0.39 is 29.9 Å². The highest BCUT2D eigenvalue weighted by atomic mass is 19.4. The van der Waals surface area contributed by atoms with Gasteiger partial charge in [-0.3, -0.25) is 4.79 Å². The molecule has 1 N–H and O–H groups in total. The largest absolute Gasteiger partial charge is 0.460 e. The molecule has 0 spiro atoms. The molecule has 150 valence electrons. The highest BCUT2D eigenvalue weighted by Crippen LogP contribution is 2.53. The van der Waals surface area contributed by atoms with Crippen molar-refractivity contribution in [2.24, 2.45) is 5.10 Å². The molecule has 0 aromatic heterocycles. The zero-order chi connectivity index (χ0) is 21.1. The third kappa shape index (κ3) is 4.61. The van der Waals surface area contributed by atoms with Crippen molar-refractivity contribution in [3.05, 3.63) is 42.0 Å². The number of rotatable bonds is 6. The van der Waals surface area contributed by atoms with Crippen LogP contribution in [0.3, 0.4) is 0 Å². The Hall–Kier alpha value is -2.53. The fourth-order valence-electron chi connectivity index (χ4n) is 1.55. The number of carbonyl (C=O) groups is 1. The molecular weight excluding hydrogens is 395 g/mol. The SMILES string of the molecule is CC(C=Cc1ccccc1)=NNC(=O)C(F)(F)C(F)(F)C(F)(F)C(F)(F)F. The van der Waals surface area contributed by atoms with Gasteiger partial charge in [-0.25, -0.2) is 5.43 Å². The van der Waals surface area contributed by atoms with E-state index in [1.54, 1.807) is 30.3 Å². The Morgan fingerprint density at radius 1 is 0.926 bits per heavy atom. The number of nitrogens with one attached hydrogen (secondary N) is 1. The number of hydrogen-bond acceptors (Lipinski definition) is 2. The lowest BCUT2D eigenvalue weighted by Gasteiger charge is -2.32. The average Bonchev–Trinajstić information content (AvgIpc) is 2.57. The van der Waals surface area contributed by atoms with Crippen LogP contribution < -0.4 is 5.43 Å². The van der Waals surface area contributed by atoms with Crippen LogP contribution in [0.4, 0.5) is 39.5 Å². The molecule has 1 amide bonds. The third-order valence-electron chi connectivity index (χ3n) is 3.08. The van der Waals surface area contributed by atoms with Gasteiger partial charge < -0.3 is 0 Å². The number of nitrogens with zero attached hydrogens (tertiary/aromatic N) is 1. The van der Waals surface area contributed by atoms with Gasteiger partial charge in [-0.05, 0) is 18.6 Å². The van der Waals surface area contributed by atoms with E-state index in [4.69, 9.17) is 0 Å². The van der Waals surface area contributed by atoms with E-state index in [1.165, 1.54) is 6.08 Å². The van der Waals surface area contributed by atoms with Gasteiger partial charge in [-0.15, -0.1) is 0 Å². The molecule has 0 atom stereocenters. The van der Waals surface area contributed by atoms with Crippen molar-refractivity contribution in [2.45, 2.75) is 30.9 Å². The smallest absolute Gasteiger partial charge is 0.266 e. The molecule has 0 fully saturated rings. The maximum absolute atomic E-state index is 13.3. The topological polar surface area (TPSA) is 41.5 Å². The lowest BCUT2D eigenvalue weighted by Crippen LogP contribution is -2.64. The average molecular weight is 406 g/mol. The Balaban J connectivity index is 2.95. The zero-order valence-electron chi connectivity index (χ0n) is 13.3. The van der Waals surface area contributed by atoms with E-state index in [9.17, 15) is 44.3 Å². The first kappa shape index (κ1) is 22.5. The van der Waals surface area contributed by atoms with Crippen LogP contribution in [0, 0.1) is 0 Å². The molecule has 0 saturated heterocycles. The van der Waals surface area contributed by atoms with E-state index in [2.05, 4.69) is 5.10 Å². The highest BCUT2D eigenvalue weighted by Gasteiger charge is 2.83. The molecule has 0 saturated carbocycles. The predicted octanol–water partition coefficient (Wildman–Crippen LogP) is 4.66. The molecule has 0 bridgehead atoms. The van der Waals surface area contributed by atoms with Crippen molar-refractivity contribution in [1.82, 2.24) is 5.43 Å². The molecule has 0 aliphatic carbocycles. The monoisotopic (exact) mass is 406 g/mol. The molecule has 1 aromatic carbocycles. The molecule has 0 aliphatic rings. The van der Waals surface area contributed by atoms with Crippen LogP contribution in [-0.4, -0.2) is 35.6 Å². The summed E-state index contributed by atoms with van der Waals surface area (Å²) in [6.45, 7) is 1.13. The molecule has 27 heavy (non-hydrogen) atoms. The van der Waals surface area contributed by atoms with E-state index in [1.807, 2.05) is 0 Å². The van der Waals surface area contributed by atoms with Gasteiger partial charge in [0.1, 0.15) is 0 Å². The van der Waals surface area contributed by atoms with E-state index in [0.29, 0.717) is 5.56 Å². The number of hydrazone groups is 1. The van der Waals surface area contributed by atoms with Crippen LogP contribution >= 0.6 is 0 Å². The fourth-order valence-corrected chi connectivity index (χ4v) is 1.55. The van der Waals surface area contributed by atoms with Crippen LogP contribution in [0.15, 0.2) is 41.5 Å². The molecular formula is C15H11F9N2O. The van der Waals surface area contributed by atoms with Crippen molar-refractivity contribution < 1.29 is 44.3 Å². The summed E-state index contributed by atoms with van der Waals surface area (Å²) < 4.78 is 114. The van der Waals surface area contributed by atoms with E-state index >= 15 is 0 Å². The molecule has 1 aromatic rings.